The van der Waals surface area contributed by atoms with Crippen LogP contribution in [0.15, 0.2) is 52.9 Å². The van der Waals surface area contributed by atoms with Crippen LogP contribution in [-0.2, 0) is 6.54 Å². The lowest BCUT2D eigenvalue weighted by Gasteiger charge is -2.11. The minimum absolute atomic E-state index is 0.0585. The summed E-state index contributed by atoms with van der Waals surface area (Å²) in [5, 5.41) is 2.28. The Kier molecular flexibility index (Phi) is 5.21. The van der Waals surface area contributed by atoms with E-state index >= 15 is 0 Å². The number of ether oxygens (including phenoxy) is 1. The largest absolute Gasteiger partial charge is 0.435 e. The Morgan fingerprint density at radius 1 is 1.20 bits per heavy atom. The number of carbonyl (C=O) groups excluding carboxylic acids is 1. The van der Waals surface area contributed by atoms with Gasteiger partial charge in [0.15, 0.2) is 5.78 Å². The Bertz CT molecular complexity index is 1290. The third kappa shape index (κ3) is 3.63. The van der Waals surface area contributed by atoms with Gasteiger partial charge in [-0.15, -0.1) is 11.3 Å². The quantitative estimate of drug-likeness (QED) is 0.428. The average Bonchev–Trinajstić information content (AvgIpc) is 3.29. The molecule has 0 N–H and O–H groups in total. The Labute approximate surface area is 174 Å². The monoisotopic (exact) mass is 429 g/mol. The highest BCUT2D eigenvalue weighted by atomic mass is 32.1. The topological polar surface area (TPSA) is 66.1 Å². The second-order valence-electron chi connectivity index (χ2n) is 6.73. The van der Waals surface area contributed by atoms with Crippen LogP contribution in [0.3, 0.4) is 0 Å². The van der Waals surface area contributed by atoms with Crippen molar-refractivity contribution in [2.24, 2.45) is 0 Å². The normalized spacial score (nSPS) is 11.4. The van der Waals surface area contributed by atoms with Gasteiger partial charge in [0.1, 0.15) is 10.6 Å². The maximum Gasteiger partial charge on any atom is 0.387 e. The van der Waals surface area contributed by atoms with Gasteiger partial charge < -0.3 is 9.30 Å². The number of halogens is 2. The van der Waals surface area contributed by atoms with Crippen LogP contribution >= 0.6 is 11.3 Å². The summed E-state index contributed by atoms with van der Waals surface area (Å²) in [6.45, 7) is 0.635. The molecule has 30 heavy (non-hydrogen) atoms. The van der Waals surface area contributed by atoms with Gasteiger partial charge in [-0.2, -0.15) is 8.78 Å². The first-order chi connectivity index (χ1) is 14.3. The van der Waals surface area contributed by atoms with E-state index in [-0.39, 0.29) is 23.6 Å². The SMILES string of the molecule is Cc1cc(C(=O)Cn2cnc3sccc3c2=O)c(C)n1-c1ccc(OC(F)F)cc1. The van der Waals surface area contributed by atoms with Crippen molar-refractivity contribution in [1.29, 1.82) is 0 Å². The number of aromatic nitrogens is 3. The molecule has 0 saturated carbocycles. The number of aryl methyl sites for hydroxylation is 1. The van der Waals surface area contributed by atoms with Crippen molar-refractivity contribution in [3.8, 4) is 11.4 Å². The maximum atomic E-state index is 12.9. The van der Waals surface area contributed by atoms with Crippen LogP contribution in [0.1, 0.15) is 21.7 Å². The van der Waals surface area contributed by atoms with Crippen molar-refractivity contribution in [3.05, 3.63) is 75.4 Å². The number of ketones is 1. The summed E-state index contributed by atoms with van der Waals surface area (Å²) in [5.74, 6) is -0.159. The summed E-state index contributed by atoms with van der Waals surface area (Å²) >= 11 is 1.37. The van der Waals surface area contributed by atoms with Crippen molar-refractivity contribution in [3.63, 3.8) is 0 Å². The summed E-state index contributed by atoms with van der Waals surface area (Å²) in [7, 11) is 0. The molecule has 0 spiro atoms. The Hall–Kier alpha value is -3.33. The number of hydrogen-bond acceptors (Lipinski definition) is 5. The van der Waals surface area contributed by atoms with Crippen LogP contribution in [0.2, 0.25) is 0 Å². The Morgan fingerprint density at radius 2 is 1.93 bits per heavy atom. The molecular formula is C21H17F2N3O3S. The van der Waals surface area contributed by atoms with E-state index in [4.69, 9.17) is 0 Å². The van der Waals surface area contributed by atoms with Gasteiger partial charge in [0, 0.05) is 22.6 Å². The van der Waals surface area contributed by atoms with Gasteiger partial charge in [-0.3, -0.25) is 14.2 Å². The molecular weight excluding hydrogens is 412 g/mol. The van der Waals surface area contributed by atoms with Crippen LogP contribution in [0, 0.1) is 13.8 Å². The van der Waals surface area contributed by atoms with Crippen LogP contribution in [0.4, 0.5) is 8.78 Å². The zero-order chi connectivity index (χ0) is 21.4. The minimum Gasteiger partial charge on any atom is -0.435 e. The molecule has 6 nitrogen and oxygen atoms in total. The highest BCUT2D eigenvalue weighted by Gasteiger charge is 2.18. The molecule has 1 aromatic carbocycles. The summed E-state index contributed by atoms with van der Waals surface area (Å²) in [5.41, 5.74) is 2.44. The van der Waals surface area contributed by atoms with Crippen molar-refractivity contribution in [1.82, 2.24) is 14.1 Å². The van der Waals surface area contributed by atoms with E-state index in [1.807, 2.05) is 11.5 Å². The Balaban J connectivity index is 1.63. The molecule has 0 radical (unpaired) electrons. The number of Topliss-reactive ketones (excluding diaryl/α,β-unsaturated/α-hetero) is 1. The highest BCUT2D eigenvalue weighted by Crippen LogP contribution is 2.24. The summed E-state index contributed by atoms with van der Waals surface area (Å²) in [4.78, 5) is 30.4. The molecule has 3 heterocycles. The molecule has 0 unspecified atom stereocenters. The van der Waals surface area contributed by atoms with Gasteiger partial charge in [-0.1, -0.05) is 0 Å². The maximum absolute atomic E-state index is 12.9. The van der Waals surface area contributed by atoms with E-state index in [2.05, 4.69) is 9.72 Å². The third-order valence-corrected chi connectivity index (χ3v) is 5.64. The summed E-state index contributed by atoms with van der Waals surface area (Å²) in [6, 6.07) is 9.63. The molecule has 9 heteroatoms. The first-order valence-electron chi connectivity index (χ1n) is 9.05. The van der Waals surface area contributed by atoms with Gasteiger partial charge in [-0.25, -0.2) is 4.98 Å². The predicted molar refractivity (Wildman–Crippen MR) is 110 cm³/mol. The lowest BCUT2D eigenvalue weighted by Crippen LogP contribution is -2.24. The van der Waals surface area contributed by atoms with Gasteiger partial charge in [0.2, 0.25) is 0 Å². The smallest absolute Gasteiger partial charge is 0.387 e. The van der Waals surface area contributed by atoms with E-state index in [0.717, 1.165) is 5.69 Å². The molecule has 0 saturated heterocycles. The highest BCUT2D eigenvalue weighted by molar-refractivity contribution is 7.16. The van der Waals surface area contributed by atoms with E-state index < -0.39 is 6.61 Å². The van der Waals surface area contributed by atoms with Gasteiger partial charge in [0.25, 0.3) is 5.56 Å². The molecule has 0 atom stereocenters. The van der Waals surface area contributed by atoms with E-state index in [0.29, 0.717) is 27.2 Å². The molecule has 0 aliphatic heterocycles. The third-order valence-electron chi connectivity index (χ3n) is 4.82. The van der Waals surface area contributed by atoms with Crippen molar-refractivity contribution >= 4 is 27.3 Å². The molecule has 0 fully saturated rings. The number of alkyl halides is 2. The zero-order valence-corrected chi connectivity index (χ0v) is 17.0. The number of benzene rings is 1. The number of rotatable bonds is 6. The van der Waals surface area contributed by atoms with E-state index in [9.17, 15) is 18.4 Å². The number of thiophene rings is 1. The van der Waals surface area contributed by atoms with Gasteiger partial charge >= 0.3 is 6.61 Å². The molecule has 4 rings (SSSR count). The number of carbonyl (C=O) groups is 1. The number of nitrogens with zero attached hydrogens (tertiary/aromatic N) is 3. The molecule has 0 aliphatic rings. The van der Waals surface area contributed by atoms with Crippen molar-refractivity contribution in [2.45, 2.75) is 27.0 Å². The molecule has 4 aromatic rings. The van der Waals surface area contributed by atoms with E-state index in [1.54, 1.807) is 36.6 Å². The van der Waals surface area contributed by atoms with Gasteiger partial charge in [0.05, 0.1) is 18.3 Å². The van der Waals surface area contributed by atoms with Crippen LogP contribution in [0.25, 0.3) is 15.9 Å². The summed E-state index contributed by atoms with van der Waals surface area (Å²) in [6.07, 6.45) is 1.39. The predicted octanol–water partition coefficient (Wildman–Crippen LogP) is 4.35. The van der Waals surface area contributed by atoms with E-state index in [1.165, 1.54) is 34.4 Å². The minimum atomic E-state index is -2.89. The average molecular weight is 429 g/mol. The lowest BCUT2D eigenvalue weighted by atomic mass is 10.1. The van der Waals surface area contributed by atoms with Crippen LogP contribution in [-0.4, -0.2) is 26.5 Å². The fourth-order valence-corrected chi connectivity index (χ4v) is 4.19. The van der Waals surface area contributed by atoms with Crippen molar-refractivity contribution in [2.75, 3.05) is 0 Å². The second kappa shape index (κ2) is 7.83. The van der Waals surface area contributed by atoms with Crippen molar-refractivity contribution < 1.29 is 18.3 Å². The lowest BCUT2D eigenvalue weighted by molar-refractivity contribution is -0.0498. The molecule has 0 amide bonds. The Morgan fingerprint density at radius 3 is 2.63 bits per heavy atom. The summed E-state index contributed by atoms with van der Waals surface area (Å²) < 4.78 is 32.2. The zero-order valence-electron chi connectivity index (χ0n) is 16.1. The first kappa shape index (κ1) is 20.0. The number of fused-ring (bicyclic) bond motifs is 1. The fraction of sp³-hybridized carbons (Fsp3) is 0.190. The van der Waals surface area contributed by atoms with Gasteiger partial charge in [-0.05, 0) is 55.6 Å². The molecule has 0 aliphatic carbocycles. The van der Waals surface area contributed by atoms with Crippen LogP contribution in [0.5, 0.6) is 5.75 Å². The second-order valence-corrected chi connectivity index (χ2v) is 7.63. The first-order valence-corrected chi connectivity index (χ1v) is 9.93. The molecule has 3 aromatic heterocycles. The molecule has 0 bridgehead atoms. The fourth-order valence-electron chi connectivity index (χ4n) is 3.46. The standard InChI is InChI=1S/C21H17F2N3O3S/c1-12-9-17(13(2)26(12)14-3-5-15(6-4-14)29-21(22)23)18(27)10-25-11-24-19-16(20(25)28)7-8-30-19/h3-9,11,21H,10H2,1-2H3. The van der Waals surface area contributed by atoms with Crippen LogP contribution < -0.4 is 10.3 Å². The number of hydrogen-bond donors (Lipinski definition) is 0. The molecule has 154 valence electrons.